The van der Waals surface area contributed by atoms with Crippen LogP contribution in [0.25, 0.3) is 0 Å². The van der Waals surface area contributed by atoms with E-state index in [1.807, 2.05) is 13.8 Å². The van der Waals surface area contributed by atoms with Crippen molar-refractivity contribution in [2.24, 2.45) is 5.84 Å². The lowest BCUT2D eigenvalue weighted by Gasteiger charge is -2.42. The first-order chi connectivity index (χ1) is 7.79. The van der Waals surface area contributed by atoms with Crippen LogP contribution >= 0.6 is 0 Å². The Morgan fingerprint density at radius 2 is 2.00 bits per heavy atom. The maximum absolute atomic E-state index is 5.92. The van der Waals surface area contributed by atoms with E-state index < -0.39 is 0 Å². The molecule has 5 heteroatoms. The summed E-state index contributed by atoms with van der Waals surface area (Å²) < 4.78 is 16.7. The van der Waals surface area contributed by atoms with E-state index in [1.165, 1.54) is 0 Å². The lowest BCUT2D eigenvalue weighted by molar-refractivity contribution is -0.137. The van der Waals surface area contributed by atoms with Gasteiger partial charge in [0, 0.05) is 39.3 Å². The molecule has 3 N–H and O–H groups in total. The molecule has 0 aromatic rings. The maximum Gasteiger partial charge on any atom is 0.0914 e. The molecule has 16 heavy (non-hydrogen) atoms. The van der Waals surface area contributed by atoms with Gasteiger partial charge in [-0.25, -0.2) is 0 Å². The van der Waals surface area contributed by atoms with E-state index in [0.717, 1.165) is 26.1 Å². The van der Waals surface area contributed by atoms with Crippen LogP contribution in [0.2, 0.25) is 0 Å². The number of hydrogen-bond acceptors (Lipinski definition) is 5. The van der Waals surface area contributed by atoms with E-state index in [4.69, 9.17) is 20.1 Å². The van der Waals surface area contributed by atoms with Crippen LogP contribution in [0.15, 0.2) is 0 Å². The Morgan fingerprint density at radius 3 is 2.50 bits per heavy atom. The predicted octanol–water partition coefficient (Wildman–Crippen LogP) is 0.441. The van der Waals surface area contributed by atoms with Gasteiger partial charge in [-0.1, -0.05) is 0 Å². The molecule has 1 unspecified atom stereocenters. The normalized spacial score (nSPS) is 21.9. The van der Waals surface area contributed by atoms with E-state index in [1.54, 1.807) is 0 Å². The van der Waals surface area contributed by atoms with Crippen molar-refractivity contribution in [2.75, 3.05) is 33.0 Å². The molecule has 0 bridgehead atoms. The average Bonchev–Trinajstić information content (AvgIpc) is 2.31. The van der Waals surface area contributed by atoms with Crippen LogP contribution < -0.4 is 11.3 Å². The van der Waals surface area contributed by atoms with E-state index >= 15 is 0 Å². The van der Waals surface area contributed by atoms with Crippen LogP contribution in [-0.4, -0.2) is 44.7 Å². The van der Waals surface area contributed by atoms with Crippen LogP contribution in [0.5, 0.6) is 0 Å². The zero-order valence-electron chi connectivity index (χ0n) is 10.3. The fraction of sp³-hybridized carbons (Fsp3) is 1.00. The highest BCUT2D eigenvalue weighted by atomic mass is 16.5. The molecule has 1 aliphatic rings. The molecule has 96 valence electrons. The van der Waals surface area contributed by atoms with Crippen LogP contribution in [0, 0.1) is 0 Å². The Balaban J connectivity index is 2.63. The Bertz CT molecular complexity index is 179. The molecule has 0 aromatic heterocycles. The average molecular weight is 232 g/mol. The van der Waals surface area contributed by atoms with Gasteiger partial charge in [0.05, 0.1) is 18.2 Å². The van der Waals surface area contributed by atoms with Gasteiger partial charge in [0.25, 0.3) is 0 Å². The summed E-state index contributed by atoms with van der Waals surface area (Å²) in [6.45, 7) is 7.39. The highest BCUT2D eigenvalue weighted by Gasteiger charge is 2.40. The second-order valence-electron chi connectivity index (χ2n) is 3.99. The van der Waals surface area contributed by atoms with Crippen molar-refractivity contribution >= 4 is 0 Å². The lowest BCUT2D eigenvalue weighted by atomic mass is 9.86. The van der Waals surface area contributed by atoms with Gasteiger partial charge in [0.1, 0.15) is 0 Å². The summed E-state index contributed by atoms with van der Waals surface area (Å²) in [6, 6.07) is 0.0244. The summed E-state index contributed by atoms with van der Waals surface area (Å²) in [4.78, 5) is 0. The molecule has 1 heterocycles. The lowest BCUT2D eigenvalue weighted by Crippen LogP contribution is -2.59. The van der Waals surface area contributed by atoms with Crippen molar-refractivity contribution in [1.82, 2.24) is 5.43 Å². The molecule has 0 spiro atoms. The first-order valence-electron chi connectivity index (χ1n) is 6.04. The Morgan fingerprint density at radius 1 is 1.31 bits per heavy atom. The minimum atomic E-state index is -0.239. The van der Waals surface area contributed by atoms with Gasteiger partial charge in [-0.2, -0.15) is 0 Å². The van der Waals surface area contributed by atoms with E-state index in [-0.39, 0.29) is 11.6 Å². The topological polar surface area (TPSA) is 65.7 Å². The summed E-state index contributed by atoms with van der Waals surface area (Å²) >= 11 is 0. The third-order valence-electron chi connectivity index (χ3n) is 3.10. The summed E-state index contributed by atoms with van der Waals surface area (Å²) in [5.74, 6) is 5.61. The molecule has 0 saturated carbocycles. The highest BCUT2D eigenvalue weighted by molar-refractivity contribution is 4.94. The molecule has 0 amide bonds. The second-order valence-corrected chi connectivity index (χ2v) is 3.99. The summed E-state index contributed by atoms with van der Waals surface area (Å²) in [5, 5.41) is 0. The molecule has 0 aromatic carbocycles. The molecule has 0 radical (unpaired) electrons. The quantitative estimate of drug-likeness (QED) is 0.492. The SMILES string of the molecule is CCOCC(NN)C1(OCC)CCOCC1. The van der Waals surface area contributed by atoms with Crippen molar-refractivity contribution in [3.8, 4) is 0 Å². The molecule has 1 aliphatic heterocycles. The monoisotopic (exact) mass is 232 g/mol. The van der Waals surface area contributed by atoms with Gasteiger partial charge in [-0.15, -0.1) is 0 Å². The molecule has 1 atom stereocenters. The molecular weight excluding hydrogens is 208 g/mol. The predicted molar refractivity (Wildman–Crippen MR) is 62.0 cm³/mol. The fourth-order valence-electron chi connectivity index (χ4n) is 2.19. The molecule has 1 saturated heterocycles. The number of hydrogen-bond donors (Lipinski definition) is 2. The zero-order chi connectivity index (χ0) is 11.9. The summed E-state index contributed by atoms with van der Waals surface area (Å²) in [5.41, 5.74) is 2.59. The van der Waals surface area contributed by atoms with Gasteiger partial charge < -0.3 is 14.2 Å². The number of nitrogens with one attached hydrogen (secondary N) is 1. The molecule has 1 fully saturated rings. The zero-order valence-corrected chi connectivity index (χ0v) is 10.3. The number of hydrazine groups is 1. The van der Waals surface area contributed by atoms with E-state index in [0.29, 0.717) is 19.8 Å². The van der Waals surface area contributed by atoms with Gasteiger partial charge in [0.2, 0.25) is 0 Å². The Kier molecular flexibility index (Phi) is 6.23. The van der Waals surface area contributed by atoms with Crippen molar-refractivity contribution in [3.63, 3.8) is 0 Å². The largest absolute Gasteiger partial charge is 0.381 e. The summed E-state index contributed by atoms with van der Waals surface area (Å²) in [7, 11) is 0. The first kappa shape index (κ1) is 13.9. The third kappa shape index (κ3) is 3.40. The van der Waals surface area contributed by atoms with Crippen molar-refractivity contribution in [1.29, 1.82) is 0 Å². The van der Waals surface area contributed by atoms with E-state index in [2.05, 4.69) is 5.43 Å². The maximum atomic E-state index is 5.92. The minimum absolute atomic E-state index is 0.0244. The van der Waals surface area contributed by atoms with Crippen LogP contribution in [0.4, 0.5) is 0 Å². The third-order valence-corrected chi connectivity index (χ3v) is 3.10. The molecule has 5 nitrogen and oxygen atoms in total. The van der Waals surface area contributed by atoms with Crippen LogP contribution in [0.1, 0.15) is 26.7 Å². The highest BCUT2D eigenvalue weighted by Crippen LogP contribution is 2.29. The molecule has 1 rings (SSSR count). The standard InChI is InChI=1S/C11H24N2O3/c1-3-14-9-10(13-12)11(16-4-2)5-7-15-8-6-11/h10,13H,3-9,12H2,1-2H3. The Labute approximate surface area is 97.6 Å². The minimum Gasteiger partial charge on any atom is -0.381 e. The van der Waals surface area contributed by atoms with Gasteiger partial charge in [-0.3, -0.25) is 11.3 Å². The van der Waals surface area contributed by atoms with Crippen LogP contribution in [0.3, 0.4) is 0 Å². The van der Waals surface area contributed by atoms with Gasteiger partial charge in [0.15, 0.2) is 0 Å². The van der Waals surface area contributed by atoms with Crippen molar-refractivity contribution in [2.45, 2.75) is 38.3 Å². The van der Waals surface area contributed by atoms with Gasteiger partial charge in [-0.05, 0) is 13.8 Å². The van der Waals surface area contributed by atoms with Crippen molar-refractivity contribution < 1.29 is 14.2 Å². The number of rotatable bonds is 7. The first-order valence-corrected chi connectivity index (χ1v) is 6.04. The summed E-state index contributed by atoms with van der Waals surface area (Å²) in [6.07, 6.45) is 1.73. The van der Waals surface area contributed by atoms with Crippen molar-refractivity contribution in [3.05, 3.63) is 0 Å². The molecule has 0 aliphatic carbocycles. The Hall–Kier alpha value is -0.200. The van der Waals surface area contributed by atoms with Gasteiger partial charge >= 0.3 is 0 Å². The number of ether oxygens (including phenoxy) is 3. The molecular formula is C11H24N2O3. The number of nitrogens with two attached hydrogens (primary N) is 1. The fourth-order valence-corrected chi connectivity index (χ4v) is 2.19. The van der Waals surface area contributed by atoms with E-state index in [9.17, 15) is 0 Å². The smallest absolute Gasteiger partial charge is 0.0914 e. The second kappa shape index (κ2) is 7.19. The van der Waals surface area contributed by atoms with Crippen LogP contribution in [-0.2, 0) is 14.2 Å².